The fraction of sp³-hybridized carbons (Fsp3) is 0.435. The van der Waals surface area contributed by atoms with Crippen LogP contribution >= 0.6 is 0 Å². The number of hydrogen-bond acceptors (Lipinski definition) is 4. The molecule has 1 aliphatic heterocycles. The zero-order valence-corrected chi connectivity index (χ0v) is 17.2. The Balaban J connectivity index is 1.39. The van der Waals surface area contributed by atoms with Gasteiger partial charge in [-0.15, -0.1) is 0 Å². The number of hydrogen-bond donors (Lipinski definition) is 1. The minimum absolute atomic E-state index is 0.0507. The fourth-order valence-electron chi connectivity index (χ4n) is 3.93. The summed E-state index contributed by atoms with van der Waals surface area (Å²) in [6, 6.07) is 8.35. The van der Waals surface area contributed by atoms with Crippen LogP contribution in [0.4, 0.5) is 4.39 Å². The summed E-state index contributed by atoms with van der Waals surface area (Å²) >= 11 is 0. The van der Waals surface area contributed by atoms with Gasteiger partial charge in [0.2, 0.25) is 0 Å². The number of nitrogens with zero attached hydrogens (tertiary/aromatic N) is 3. The van der Waals surface area contributed by atoms with Gasteiger partial charge in [-0.05, 0) is 49.4 Å². The van der Waals surface area contributed by atoms with Crippen molar-refractivity contribution < 1.29 is 13.6 Å². The van der Waals surface area contributed by atoms with Crippen molar-refractivity contribution in [2.75, 3.05) is 13.1 Å². The highest BCUT2D eigenvalue weighted by atomic mass is 19.1. The van der Waals surface area contributed by atoms with E-state index in [4.69, 9.17) is 4.42 Å². The first-order valence-electron chi connectivity index (χ1n) is 10.6. The van der Waals surface area contributed by atoms with Crippen LogP contribution in [0.1, 0.15) is 71.9 Å². The first kappa shape index (κ1) is 20.3. The van der Waals surface area contributed by atoms with Crippen molar-refractivity contribution in [2.45, 2.75) is 51.4 Å². The summed E-state index contributed by atoms with van der Waals surface area (Å²) in [5.74, 6) is 1.09. The molecule has 1 amide bonds. The standard InChI is InChI=1S/C23H27FN4O2/c1-2-3-9-19-13-21(27-26-19)23(29)28-10-5-7-17(15-28)22-25-14-20(30-22)12-16-6-4-8-18(24)11-16/h4,6,8,11,13-14,17H,2-3,5,7,9-10,12,15H2,1H3,(H,26,27)/t17-/m0/s1. The quantitative estimate of drug-likeness (QED) is 0.623. The van der Waals surface area contributed by atoms with Crippen molar-refractivity contribution in [3.05, 3.63) is 70.9 Å². The molecule has 0 saturated carbocycles. The third-order valence-electron chi connectivity index (χ3n) is 5.55. The van der Waals surface area contributed by atoms with Gasteiger partial charge >= 0.3 is 0 Å². The molecule has 0 spiro atoms. The molecule has 158 valence electrons. The Morgan fingerprint density at radius 2 is 2.27 bits per heavy atom. The predicted molar refractivity (Wildman–Crippen MR) is 111 cm³/mol. The third-order valence-corrected chi connectivity index (χ3v) is 5.55. The molecule has 1 aliphatic rings. The summed E-state index contributed by atoms with van der Waals surface area (Å²) in [5.41, 5.74) is 2.32. The lowest BCUT2D eigenvalue weighted by Gasteiger charge is -2.30. The van der Waals surface area contributed by atoms with Crippen LogP contribution in [0, 0.1) is 5.82 Å². The molecule has 0 bridgehead atoms. The number of unbranched alkanes of at least 4 members (excludes halogenated alkanes) is 1. The fourth-order valence-corrected chi connectivity index (χ4v) is 3.93. The highest BCUT2D eigenvalue weighted by molar-refractivity contribution is 5.92. The lowest BCUT2D eigenvalue weighted by molar-refractivity contribution is 0.0692. The second-order valence-electron chi connectivity index (χ2n) is 7.94. The van der Waals surface area contributed by atoms with Crippen molar-refractivity contribution in [3.63, 3.8) is 0 Å². The molecule has 1 fully saturated rings. The van der Waals surface area contributed by atoms with E-state index in [-0.39, 0.29) is 17.6 Å². The van der Waals surface area contributed by atoms with Gasteiger partial charge < -0.3 is 9.32 Å². The van der Waals surface area contributed by atoms with Gasteiger partial charge in [0.1, 0.15) is 17.3 Å². The molecule has 1 saturated heterocycles. The Labute approximate surface area is 175 Å². The Hall–Kier alpha value is -2.96. The van der Waals surface area contributed by atoms with Gasteiger partial charge in [0.25, 0.3) is 5.91 Å². The van der Waals surface area contributed by atoms with Crippen LogP contribution in [0.3, 0.4) is 0 Å². The van der Waals surface area contributed by atoms with Crippen LogP contribution in [-0.4, -0.2) is 39.1 Å². The summed E-state index contributed by atoms with van der Waals surface area (Å²) in [6.45, 7) is 3.42. The van der Waals surface area contributed by atoms with E-state index in [1.165, 1.54) is 12.1 Å². The number of H-pyrrole nitrogens is 1. The predicted octanol–water partition coefficient (Wildman–Crippen LogP) is 4.49. The molecule has 3 aromatic rings. The first-order valence-corrected chi connectivity index (χ1v) is 10.6. The monoisotopic (exact) mass is 410 g/mol. The van der Waals surface area contributed by atoms with Gasteiger partial charge in [0.05, 0.1) is 12.1 Å². The number of carbonyl (C=O) groups is 1. The van der Waals surface area contributed by atoms with Crippen molar-refractivity contribution in [1.29, 1.82) is 0 Å². The minimum Gasteiger partial charge on any atom is -0.445 e. The van der Waals surface area contributed by atoms with Crippen LogP contribution in [0.15, 0.2) is 40.9 Å². The lowest BCUT2D eigenvalue weighted by atomic mass is 9.97. The highest BCUT2D eigenvalue weighted by Gasteiger charge is 2.29. The maximum absolute atomic E-state index is 13.4. The van der Waals surface area contributed by atoms with Crippen LogP contribution in [0.5, 0.6) is 0 Å². The number of piperidine rings is 1. The number of aromatic nitrogens is 3. The average Bonchev–Trinajstić information content (AvgIpc) is 3.42. The van der Waals surface area contributed by atoms with E-state index < -0.39 is 0 Å². The Kier molecular flexibility index (Phi) is 6.26. The molecular weight excluding hydrogens is 383 g/mol. The molecular formula is C23H27FN4O2. The van der Waals surface area contributed by atoms with Crippen LogP contribution in [0.25, 0.3) is 0 Å². The second-order valence-corrected chi connectivity index (χ2v) is 7.94. The molecule has 0 unspecified atom stereocenters. The number of oxazole rings is 1. The highest BCUT2D eigenvalue weighted by Crippen LogP contribution is 2.28. The zero-order valence-electron chi connectivity index (χ0n) is 17.2. The van der Waals surface area contributed by atoms with E-state index in [0.29, 0.717) is 36.9 Å². The molecule has 2 aromatic heterocycles. The second kappa shape index (κ2) is 9.24. The van der Waals surface area contributed by atoms with Gasteiger partial charge in [-0.2, -0.15) is 5.10 Å². The average molecular weight is 410 g/mol. The minimum atomic E-state index is -0.259. The Morgan fingerprint density at radius 1 is 1.37 bits per heavy atom. The maximum Gasteiger partial charge on any atom is 0.274 e. The normalized spacial score (nSPS) is 16.7. The van der Waals surface area contributed by atoms with E-state index in [1.54, 1.807) is 12.3 Å². The number of carbonyl (C=O) groups excluding carboxylic acids is 1. The van der Waals surface area contributed by atoms with Crippen molar-refractivity contribution in [2.24, 2.45) is 0 Å². The number of aryl methyl sites for hydroxylation is 1. The van der Waals surface area contributed by atoms with Crippen molar-refractivity contribution >= 4 is 5.91 Å². The number of rotatable bonds is 7. The molecule has 4 rings (SSSR count). The van der Waals surface area contributed by atoms with E-state index in [1.807, 2.05) is 17.0 Å². The van der Waals surface area contributed by atoms with Gasteiger partial charge in [0, 0.05) is 25.2 Å². The summed E-state index contributed by atoms with van der Waals surface area (Å²) in [6.07, 6.45) is 7.10. The number of halogens is 1. The van der Waals surface area contributed by atoms with Gasteiger partial charge in [-0.3, -0.25) is 9.89 Å². The third kappa shape index (κ3) is 4.78. The molecule has 30 heavy (non-hydrogen) atoms. The molecule has 0 aliphatic carbocycles. The molecule has 1 atom stereocenters. The zero-order chi connectivity index (χ0) is 20.9. The van der Waals surface area contributed by atoms with Gasteiger partial charge in [-0.1, -0.05) is 25.5 Å². The number of likely N-dealkylation sites (tertiary alicyclic amines) is 1. The molecule has 3 heterocycles. The van der Waals surface area contributed by atoms with Crippen LogP contribution in [-0.2, 0) is 12.8 Å². The first-order chi connectivity index (χ1) is 14.6. The largest absolute Gasteiger partial charge is 0.445 e. The lowest BCUT2D eigenvalue weighted by Crippen LogP contribution is -2.39. The van der Waals surface area contributed by atoms with E-state index >= 15 is 0 Å². The maximum atomic E-state index is 13.4. The number of amides is 1. The SMILES string of the molecule is CCCCc1cc(C(=O)N2CCC[C@H](c3ncc(Cc4cccc(F)c4)o3)C2)n[nH]1. The molecule has 0 radical (unpaired) electrons. The molecule has 1 N–H and O–H groups in total. The van der Waals surface area contributed by atoms with E-state index in [0.717, 1.165) is 43.4 Å². The smallest absolute Gasteiger partial charge is 0.274 e. The van der Waals surface area contributed by atoms with E-state index in [9.17, 15) is 9.18 Å². The van der Waals surface area contributed by atoms with Gasteiger partial charge in [0.15, 0.2) is 5.89 Å². The topological polar surface area (TPSA) is 75.0 Å². The van der Waals surface area contributed by atoms with Gasteiger partial charge in [-0.25, -0.2) is 9.37 Å². The van der Waals surface area contributed by atoms with E-state index in [2.05, 4.69) is 22.1 Å². The number of nitrogens with one attached hydrogen (secondary N) is 1. The molecule has 1 aromatic carbocycles. The summed E-state index contributed by atoms with van der Waals surface area (Å²) in [7, 11) is 0. The summed E-state index contributed by atoms with van der Waals surface area (Å²) < 4.78 is 19.4. The molecule has 6 nitrogen and oxygen atoms in total. The summed E-state index contributed by atoms with van der Waals surface area (Å²) in [4.78, 5) is 19.2. The molecule has 7 heteroatoms. The van der Waals surface area contributed by atoms with Crippen LogP contribution in [0.2, 0.25) is 0 Å². The Bertz CT molecular complexity index is 997. The Morgan fingerprint density at radius 3 is 3.10 bits per heavy atom. The van der Waals surface area contributed by atoms with Crippen molar-refractivity contribution in [3.8, 4) is 0 Å². The number of benzene rings is 1. The van der Waals surface area contributed by atoms with Crippen molar-refractivity contribution in [1.82, 2.24) is 20.1 Å². The number of aromatic amines is 1. The van der Waals surface area contributed by atoms with Crippen LogP contribution < -0.4 is 0 Å². The summed E-state index contributed by atoms with van der Waals surface area (Å²) in [5, 5.41) is 7.19.